The molecular formula is C21H22N2OS. The van der Waals surface area contributed by atoms with E-state index < -0.39 is 0 Å². The van der Waals surface area contributed by atoms with E-state index in [9.17, 15) is 4.79 Å². The van der Waals surface area contributed by atoms with Crippen molar-refractivity contribution in [2.24, 2.45) is 0 Å². The largest absolute Gasteiger partial charge is 0.350 e. The van der Waals surface area contributed by atoms with Gasteiger partial charge in [0.05, 0.1) is 6.04 Å². The summed E-state index contributed by atoms with van der Waals surface area (Å²) in [5.74, 6) is -0.0401. The molecule has 4 heteroatoms. The van der Waals surface area contributed by atoms with Crippen LogP contribution in [0.5, 0.6) is 0 Å². The van der Waals surface area contributed by atoms with E-state index in [1.165, 1.54) is 5.56 Å². The van der Waals surface area contributed by atoms with Crippen molar-refractivity contribution < 1.29 is 4.79 Å². The Balaban J connectivity index is 1.65. The molecule has 0 saturated carbocycles. The van der Waals surface area contributed by atoms with Crippen molar-refractivity contribution in [3.8, 4) is 11.1 Å². The van der Waals surface area contributed by atoms with Gasteiger partial charge in [-0.2, -0.15) is 11.3 Å². The van der Waals surface area contributed by atoms with Gasteiger partial charge in [-0.1, -0.05) is 42.5 Å². The predicted molar refractivity (Wildman–Crippen MR) is 105 cm³/mol. The van der Waals surface area contributed by atoms with Gasteiger partial charge in [-0.3, -0.25) is 4.79 Å². The topological polar surface area (TPSA) is 32.3 Å². The van der Waals surface area contributed by atoms with Crippen LogP contribution in [0, 0.1) is 0 Å². The SMILES string of the molecule is CN(C)[C@H](CNC(=O)c1ccc(-c2ccccc2)cc1)c1ccsc1. The highest BCUT2D eigenvalue weighted by molar-refractivity contribution is 7.07. The molecule has 1 atom stereocenters. The summed E-state index contributed by atoms with van der Waals surface area (Å²) in [5, 5.41) is 7.25. The van der Waals surface area contributed by atoms with Crippen LogP contribution in [0.2, 0.25) is 0 Å². The monoisotopic (exact) mass is 350 g/mol. The van der Waals surface area contributed by atoms with E-state index in [1.54, 1.807) is 11.3 Å². The summed E-state index contributed by atoms with van der Waals surface area (Å²) < 4.78 is 0. The van der Waals surface area contributed by atoms with Gasteiger partial charge in [-0.15, -0.1) is 0 Å². The normalized spacial score (nSPS) is 12.1. The van der Waals surface area contributed by atoms with Crippen molar-refractivity contribution >= 4 is 17.2 Å². The number of hydrogen-bond acceptors (Lipinski definition) is 3. The van der Waals surface area contributed by atoms with Crippen LogP contribution in [0.15, 0.2) is 71.4 Å². The maximum atomic E-state index is 12.5. The molecule has 0 aliphatic heterocycles. The minimum absolute atomic E-state index is 0.0401. The van der Waals surface area contributed by atoms with Crippen LogP contribution < -0.4 is 5.32 Å². The van der Waals surface area contributed by atoms with Crippen molar-refractivity contribution in [3.63, 3.8) is 0 Å². The number of benzene rings is 2. The fraction of sp³-hybridized carbons (Fsp3) is 0.190. The average Bonchev–Trinajstić information content (AvgIpc) is 3.16. The number of carbonyl (C=O) groups excluding carboxylic acids is 1. The molecule has 25 heavy (non-hydrogen) atoms. The molecule has 3 aromatic rings. The summed E-state index contributed by atoms with van der Waals surface area (Å²) >= 11 is 1.68. The predicted octanol–water partition coefficient (Wildman–Crippen LogP) is 4.45. The number of likely N-dealkylation sites (N-methyl/N-ethyl adjacent to an activating group) is 1. The van der Waals surface area contributed by atoms with E-state index >= 15 is 0 Å². The first-order chi connectivity index (χ1) is 12.1. The Labute approximate surface area is 152 Å². The van der Waals surface area contributed by atoms with Crippen molar-refractivity contribution in [2.75, 3.05) is 20.6 Å². The second kappa shape index (κ2) is 8.10. The van der Waals surface area contributed by atoms with Crippen molar-refractivity contribution in [1.82, 2.24) is 10.2 Å². The van der Waals surface area contributed by atoms with Crippen LogP contribution in [0.3, 0.4) is 0 Å². The van der Waals surface area contributed by atoms with Crippen molar-refractivity contribution in [2.45, 2.75) is 6.04 Å². The summed E-state index contributed by atoms with van der Waals surface area (Å²) in [6, 6.07) is 20.2. The third kappa shape index (κ3) is 4.35. The summed E-state index contributed by atoms with van der Waals surface area (Å²) in [5.41, 5.74) is 4.18. The van der Waals surface area contributed by atoms with Gasteiger partial charge < -0.3 is 10.2 Å². The molecular weight excluding hydrogens is 328 g/mol. The van der Waals surface area contributed by atoms with E-state index in [0.717, 1.165) is 11.1 Å². The third-order valence-corrected chi connectivity index (χ3v) is 4.96. The second-order valence-corrected chi connectivity index (χ2v) is 6.97. The summed E-state index contributed by atoms with van der Waals surface area (Å²) in [6.45, 7) is 0.586. The fourth-order valence-corrected chi connectivity index (χ4v) is 3.51. The lowest BCUT2D eigenvalue weighted by molar-refractivity contribution is 0.0942. The van der Waals surface area contributed by atoms with Crippen LogP contribution >= 0.6 is 11.3 Å². The van der Waals surface area contributed by atoms with E-state index in [1.807, 2.05) is 56.6 Å². The number of carbonyl (C=O) groups is 1. The van der Waals surface area contributed by atoms with Crippen molar-refractivity contribution in [1.29, 1.82) is 0 Å². The van der Waals surface area contributed by atoms with E-state index in [-0.39, 0.29) is 11.9 Å². The van der Waals surface area contributed by atoms with Gasteiger partial charge in [-0.05, 0) is 59.7 Å². The molecule has 0 aliphatic carbocycles. The van der Waals surface area contributed by atoms with Crippen LogP contribution in [0.1, 0.15) is 22.0 Å². The number of thiophene rings is 1. The highest BCUT2D eigenvalue weighted by Crippen LogP contribution is 2.21. The third-order valence-electron chi connectivity index (χ3n) is 4.26. The maximum Gasteiger partial charge on any atom is 0.251 e. The van der Waals surface area contributed by atoms with Gasteiger partial charge in [-0.25, -0.2) is 0 Å². The van der Waals surface area contributed by atoms with Gasteiger partial charge in [0.15, 0.2) is 0 Å². The molecule has 0 unspecified atom stereocenters. The molecule has 0 aliphatic rings. The lowest BCUT2D eigenvalue weighted by Crippen LogP contribution is -2.34. The number of nitrogens with zero attached hydrogens (tertiary/aromatic N) is 1. The summed E-state index contributed by atoms with van der Waals surface area (Å²) in [7, 11) is 4.06. The summed E-state index contributed by atoms with van der Waals surface area (Å²) in [4.78, 5) is 14.6. The quantitative estimate of drug-likeness (QED) is 0.712. The molecule has 0 radical (unpaired) electrons. The molecule has 0 spiro atoms. The Hall–Kier alpha value is -2.43. The molecule has 0 fully saturated rings. The number of hydrogen-bond donors (Lipinski definition) is 1. The second-order valence-electron chi connectivity index (χ2n) is 6.19. The van der Waals surface area contributed by atoms with E-state index in [0.29, 0.717) is 12.1 Å². The van der Waals surface area contributed by atoms with Crippen molar-refractivity contribution in [3.05, 3.63) is 82.6 Å². The first kappa shape index (κ1) is 17.4. The standard InChI is InChI=1S/C21H22N2OS/c1-23(2)20(19-12-13-25-15-19)14-22-21(24)18-10-8-17(9-11-18)16-6-4-3-5-7-16/h3-13,15,20H,14H2,1-2H3,(H,22,24)/t20-/m1/s1. The minimum atomic E-state index is -0.0401. The number of rotatable bonds is 6. The molecule has 3 rings (SSSR count). The zero-order chi connectivity index (χ0) is 17.6. The van der Waals surface area contributed by atoms with Gasteiger partial charge >= 0.3 is 0 Å². The zero-order valence-electron chi connectivity index (χ0n) is 14.5. The fourth-order valence-electron chi connectivity index (χ4n) is 2.80. The van der Waals surface area contributed by atoms with Crippen LogP contribution in [0.4, 0.5) is 0 Å². The molecule has 1 amide bonds. The van der Waals surface area contributed by atoms with Gasteiger partial charge in [0.1, 0.15) is 0 Å². The molecule has 1 heterocycles. The number of amides is 1. The number of nitrogens with one attached hydrogen (secondary N) is 1. The molecule has 128 valence electrons. The van der Waals surface area contributed by atoms with Crippen LogP contribution in [-0.4, -0.2) is 31.4 Å². The lowest BCUT2D eigenvalue weighted by Gasteiger charge is -2.24. The average molecular weight is 350 g/mol. The molecule has 0 bridgehead atoms. The Kier molecular flexibility index (Phi) is 5.64. The Bertz CT molecular complexity index is 796. The van der Waals surface area contributed by atoms with E-state index in [2.05, 4.69) is 39.2 Å². The Morgan fingerprint density at radius 1 is 1.00 bits per heavy atom. The first-order valence-corrected chi connectivity index (χ1v) is 9.21. The molecule has 2 aromatic carbocycles. The van der Waals surface area contributed by atoms with Crippen LogP contribution in [0.25, 0.3) is 11.1 Å². The molecule has 1 aromatic heterocycles. The smallest absolute Gasteiger partial charge is 0.251 e. The summed E-state index contributed by atoms with van der Waals surface area (Å²) in [6.07, 6.45) is 0. The van der Waals surface area contributed by atoms with Crippen LogP contribution in [-0.2, 0) is 0 Å². The minimum Gasteiger partial charge on any atom is -0.350 e. The van der Waals surface area contributed by atoms with Gasteiger partial charge in [0.25, 0.3) is 5.91 Å². The zero-order valence-corrected chi connectivity index (χ0v) is 15.3. The first-order valence-electron chi connectivity index (χ1n) is 8.27. The van der Waals surface area contributed by atoms with E-state index in [4.69, 9.17) is 0 Å². The Morgan fingerprint density at radius 2 is 1.68 bits per heavy atom. The highest BCUT2D eigenvalue weighted by atomic mass is 32.1. The molecule has 1 N–H and O–H groups in total. The van der Waals surface area contributed by atoms with Gasteiger partial charge in [0, 0.05) is 12.1 Å². The lowest BCUT2D eigenvalue weighted by atomic mass is 10.0. The van der Waals surface area contributed by atoms with Gasteiger partial charge in [0.2, 0.25) is 0 Å². The Morgan fingerprint density at radius 3 is 2.28 bits per heavy atom. The highest BCUT2D eigenvalue weighted by Gasteiger charge is 2.16. The maximum absolute atomic E-state index is 12.5. The molecule has 3 nitrogen and oxygen atoms in total. The molecule has 0 saturated heterocycles.